The van der Waals surface area contributed by atoms with Gasteiger partial charge in [-0.1, -0.05) is 30.4 Å². The second-order valence-corrected chi connectivity index (χ2v) is 6.14. The Morgan fingerprint density at radius 1 is 0.957 bits per heavy atom. The lowest BCUT2D eigenvalue weighted by Crippen LogP contribution is -2.34. The average molecular weight is 309 g/mol. The van der Waals surface area contributed by atoms with Crippen molar-refractivity contribution < 1.29 is 14.5 Å². The van der Waals surface area contributed by atoms with Crippen LogP contribution in [0.5, 0.6) is 0 Å². The molecule has 3 aliphatic carbocycles. The van der Waals surface area contributed by atoms with Crippen molar-refractivity contribution >= 4 is 11.7 Å². The van der Waals surface area contributed by atoms with E-state index < -0.39 is 10.9 Å². The van der Waals surface area contributed by atoms with E-state index >= 15 is 0 Å². The monoisotopic (exact) mass is 309 g/mol. The normalized spacial score (nSPS) is 32.8. The fourth-order valence-electron chi connectivity index (χ4n) is 3.78. The van der Waals surface area contributed by atoms with Crippen molar-refractivity contribution in [2.45, 2.75) is 6.10 Å². The Morgan fingerprint density at radius 3 is 2.22 bits per heavy atom. The molecule has 0 N–H and O–H groups in total. The number of benzene rings is 1. The van der Waals surface area contributed by atoms with Gasteiger partial charge in [-0.2, -0.15) is 0 Å². The highest BCUT2D eigenvalue weighted by Gasteiger charge is 2.44. The molecular formula is C18H15NO4. The van der Waals surface area contributed by atoms with Crippen LogP contribution in [0, 0.1) is 33.8 Å². The summed E-state index contributed by atoms with van der Waals surface area (Å²) in [5, 5.41) is 10.7. The molecule has 116 valence electrons. The third kappa shape index (κ3) is 2.29. The summed E-state index contributed by atoms with van der Waals surface area (Å²) in [5.74, 6) is 1.07. The van der Waals surface area contributed by atoms with Gasteiger partial charge in [-0.05, 0) is 36.0 Å². The molecule has 0 amide bonds. The molecule has 1 aromatic carbocycles. The summed E-state index contributed by atoms with van der Waals surface area (Å²) < 4.78 is 5.64. The number of non-ortho nitro benzene ring substituents is 1. The third-order valence-corrected chi connectivity index (χ3v) is 4.90. The SMILES string of the molecule is O=C(O[C@@H]1C=C[C@H]2C=C[C@H]3C=C[C@H]1[C@H]23)c1ccc([N+](=O)[O-])cc1. The van der Waals surface area contributed by atoms with Crippen LogP contribution in [0.2, 0.25) is 0 Å². The van der Waals surface area contributed by atoms with Gasteiger partial charge in [-0.15, -0.1) is 0 Å². The Hall–Kier alpha value is -2.69. The van der Waals surface area contributed by atoms with E-state index in [0.29, 0.717) is 23.3 Å². The van der Waals surface area contributed by atoms with E-state index in [2.05, 4.69) is 30.4 Å². The summed E-state index contributed by atoms with van der Waals surface area (Å²) in [6.45, 7) is 0. The highest BCUT2D eigenvalue weighted by atomic mass is 16.6. The molecule has 0 saturated heterocycles. The number of nitro benzene ring substituents is 1. The minimum absolute atomic E-state index is 0.0412. The minimum Gasteiger partial charge on any atom is -0.454 e. The van der Waals surface area contributed by atoms with Crippen molar-refractivity contribution in [3.63, 3.8) is 0 Å². The fraction of sp³-hybridized carbons (Fsp3) is 0.278. The van der Waals surface area contributed by atoms with E-state index in [1.54, 1.807) is 0 Å². The first-order chi connectivity index (χ1) is 11.1. The van der Waals surface area contributed by atoms with Gasteiger partial charge in [-0.3, -0.25) is 10.1 Å². The first-order valence-corrected chi connectivity index (χ1v) is 7.64. The van der Waals surface area contributed by atoms with Gasteiger partial charge in [0.1, 0.15) is 6.10 Å². The zero-order valence-electron chi connectivity index (χ0n) is 12.2. The Kier molecular flexibility index (Phi) is 3.15. The molecule has 0 aliphatic heterocycles. The summed E-state index contributed by atoms with van der Waals surface area (Å²) in [4.78, 5) is 22.5. The lowest BCUT2D eigenvalue weighted by Gasteiger charge is -2.33. The largest absolute Gasteiger partial charge is 0.454 e. The molecule has 0 unspecified atom stereocenters. The van der Waals surface area contributed by atoms with Gasteiger partial charge in [0.15, 0.2) is 0 Å². The number of rotatable bonds is 3. The number of hydrogen-bond acceptors (Lipinski definition) is 4. The number of carbonyl (C=O) groups is 1. The van der Waals surface area contributed by atoms with Crippen molar-refractivity contribution in [1.82, 2.24) is 0 Å². The Bertz CT molecular complexity index is 747. The molecular weight excluding hydrogens is 294 g/mol. The molecule has 0 radical (unpaired) electrons. The highest BCUT2D eigenvalue weighted by Crippen LogP contribution is 2.47. The smallest absolute Gasteiger partial charge is 0.338 e. The summed E-state index contributed by atoms with van der Waals surface area (Å²) >= 11 is 0. The summed E-state index contributed by atoms with van der Waals surface area (Å²) in [5.41, 5.74) is 0.287. The van der Waals surface area contributed by atoms with E-state index in [-0.39, 0.29) is 17.7 Å². The molecule has 4 rings (SSSR count). The van der Waals surface area contributed by atoms with Gasteiger partial charge in [-0.25, -0.2) is 4.79 Å². The van der Waals surface area contributed by atoms with Crippen LogP contribution in [0.1, 0.15) is 10.4 Å². The molecule has 0 spiro atoms. The number of hydrogen-bond donors (Lipinski definition) is 0. The predicted octanol–water partition coefficient (Wildman–Crippen LogP) is 3.29. The maximum Gasteiger partial charge on any atom is 0.338 e. The highest BCUT2D eigenvalue weighted by molar-refractivity contribution is 5.89. The Labute approximate surface area is 133 Å². The van der Waals surface area contributed by atoms with Gasteiger partial charge < -0.3 is 4.74 Å². The van der Waals surface area contributed by atoms with Gasteiger partial charge in [0.25, 0.3) is 5.69 Å². The van der Waals surface area contributed by atoms with Crippen molar-refractivity contribution in [2.75, 3.05) is 0 Å². The van der Waals surface area contributed by atoms with E-state index in [4.69, 9.17) is 4.74 Å². The van der Waals surface area contributed by atoms with Gasteiger partial charge in [0.2, 0.25) is 0 Å². The van der Waals surface area contributed by atoms with Crippen LogP contribution in [0.3, 0.4) is 0 Å². The topological polar surface area (TPSA) is 69.4 Å². The second-order valence-electron chi connectivity index (χ2n) is 6.14. The molecule has 3 aliphatic rings. The summed E-state index contributed by atoms with van der Waals surface area (Å²) in [7, 11) is 0. The first kappa shape index (κ1) is 13.9. The Morgan fingerprint density at radius 2 is 1.57 bits per heavy atom. The number of ether oxygens (including phenoxy) is 1. The minimum atomic E-state index is -0.490. The third-order valence-electron chi connectivity index (χ3n) is 4.90. The van der Waals surface area contributed by atoms with Crippen LogP contribution in [0.25, 0.3) is 0 Å². The second kappa shape index (κ2) is 5.19. The van der Waals surface area contributed by atoms with Crippen molar-refractivity contribution in [2.24, 2.45) is 23.7 Å². The summed E-state index contributed by atoms with van der Waals surface area (Å²) in [6, 6.07) is 5.49. The molecule has 5 atom stereocenters. The molecule has 0 bridgehead atoms. The summed E-state index contributed by atoms with van der Waals surface area (Å²) in [6.07, 6.45) is 12.6. The quantitative estimate of drug-likeness (QED) is 0.372. The lowest BCUT2D eigenvalue weighted by molar-refractivity contribution is -0.384. The van der Waals surface area contributed by atoms with Crippen LogP contribution in [0.15, 0.2) is 60.7 Å². The van der Waals surface area contributed by atoms with Crippen LogP contribution < -0.4 is 0 Å². The standard InChI is InChI=1S/C18H15NO4/c20-18(13-3-7-14(8-4-13)19(21)22)23-16-10-6-12-2-1-11-5-9-15(16)17(11)12/h1-12,15-17H/t11-,12+,15+,16+,17-/m0/s1. The maximum absolute atomic E-state index is 12.3. The molecule has 0 fully saturated rings. The van der Waals surface area contributed by atoms with Crippen molar-refractivity contribution in [3.05, 3.63) is 76.4 Å². The maximum atomic E-state index is 12.3. The zero-order chi connectivity index (χ0) is 16.0. The van der Waals surface area contributed by atoms with Gasteiger partial charge in [0, 0.05) is 18.1 Å². The van der Waals surface area contributed by atoms with Crippen LogP contribution in [-0.2, 0) is 4.74 Å². The molecule has 0 aromatic heterocycles. The number of esters is 1. The average Bonchev–Trinajstić information content (AvgIpc) is 3.16. The number of allylic oxidation sites excluding steroid dienone is 4. The molecule has 5 nitrogen and oxygen atoms in total. The molecule has 0 heterocycles. The zero-order valence-corrected chi connectivity index (χ0v) is 12.2. The van der Waals surface area contributed by atoms with Gasteiger partial charge in [0.05, 0.1) is 10.5 Å². The fourth-order valence-corrected chi connectivity index (χ4v) is 3.78. The van der Waals surface area contributed by atoms with E-state index in [0.717, 1.165) is 0 Å². The van der Waals surface area contributed by atoms with Crippen LogP contribution in [0.4, 0.5) is 5.69 Å². The molecule has 1 aromatic rings. The van der Waals surface area contributed by atoms with Crippen molar-refractivity contribution in [1.29, 1.82) is 0 Å². The van der Waals surface area contributed by atoms with Crippen LogP contribution in [-0.4, -0.2) is 17.0 Å². The van der Waals surface area contributed by atoms with Crippen LogP contribution >= 0.6 is 0 Å². The molecule has 23 heavy (non-hydrogen) atoms. The predicted molar refractivity (Wildman–Crippen MR) is 83.7 cm³/mol. The van der Waals surface area contributed by atoms with E-state index in [1.807, 2.05) is 6.08 Å². The van der Waals surface area contributed by atoms with E-state index in [9.17, 15) is 14.9 Å². The van der Waals surface area contributed by atoms with Gasteiger partial charge >= 0.3 is 5.97 Å². The van der Waals surface area contributed by atoms with E-state index in [1.165, 1.54) is 24.3 Å². The molecule has 5 heteroatoms. The lowest BCUT2D eigenvalue weighted by atomic mass is 9.76. The first-order valence-electron chi connectivity index (χ1n) is 7.64. The number of nitro groups is 1. The molecule has 0 saturated carbocycles. The van der Waals surface area contributed by atoms with Crippen molar-refractivity contribution in [3.8, 4) is 0 Å². The number of nitrogens with zero attached hydrogens (tertiary/aromatic N) is 1. The Balaban J connectivity index is 1.50. The number of carbonyl (C=O) groups excluding carboxylic acids is 1.